The molecule has 0 atom stereocenters. The third-order valence-electron chi connectivity index (χ3n) is 2.02. The largest absolute Gasteiger partial charge is 0.469 e. The summed E-state index contributed by atoms with van der Waals surface area (Å²) in [5.41, 5.74) is 0.260. The molecule has 0 aromatic carbocycles. The minimum absolute atomic E-state index is 0.260. The zero-order valence-electron chi connectivity index (χ0n) is 9.40. The number of halogens is 1. The van der Waals surface area contributed by atoms with Gasteiger partial charge in [0.25, 0.3) is 5.91 Å². The summed E-state index contributed by atoms with van der Waals surface area (Å²) in [4.78, 5) is 26.2. The SMILES string of the molecule is COC(=O)CCCNC(=O)c1cccc(Cl)n1. The van der Waals surface area contributed by atoms with Crippen molar-refractivity contribution in [3.8, 4) is 0 Å². The number of amides is 1. The number of methoxy groups -OCH3 is 1. The van der Waals surface area contributed by atoms with Crippen LogP contribution in [0.2, 0.25) is 5.15 Å². The van der Waals surface area contributed by atoms with Gasteiger partial charge in [0.15, 0.2) is 0 Å². The first-order valence-corrected chi connectivity index (χ1v) is 5.49. The molecule has 17 heavy (non-hydrogen) atoms. The van der Waals surface area contributed by atoms with Crippen molar-refractivity contribution < 1.29 is 14.3 Å². The van der Waals surface area contributed by atoms with Gasteiger partial charge in [0.05, 0.1) is 7.11 Å². The Morgan fingerprint density at radius 2 is 2.24 bits per heavy atom. The van der Waals surface area contributed by atoms with Crippen LogP contribution in [0.1, 0.15) is 23.3 Å². The summed E-state index contributed by atoms with van der Waals surface area (Å²) in [5.74, 6) is -0.600. The summed E-state index contributed by atoms with van der Waals surface area (Å²) in [6.07, 6.45) is 0.804. The third-order valence-corrected chi connectivity index (χ3v) is 2.23. The summed E-state index contributed by atoms with van der Waals surface area (Å²) in [7, 11) is 1.33. The molecule has 0 radical (unpaired) electrons. The van der Waals surface area contributed by atoms with E-state index < -0.39 is 0 Å². The van der Waals surface area contributed by atoms with Crippen molar-refractivity contribution in [1.82, 2.24) is 10.3 Å². The van der Waals surface area contributed by atoms with Crippen LogP contribution in [0.15, 0.2) is 18.2 Å². The number of aromatic nitrogens is 1. The molecule has 0 saturated carbocycles. The number of carbonyl (C=O) groups is 2. The van der Waals surface area contributed by atoms with Gasteiger partial charge in [-0.05, 0) is 18.6 Å². The second-order valence-corrected chi connectivity index (χ2v) is 3.67. The van der Waals surface area contributed by atoms with E-state index in [2.05, 4.69) is 15.0 Å². The predicted molar refractivity (Wildman–Crippen MR) is 62.8 cm³/mol. The van der Waals surface area contributed by atoms with Crippen molar-refractivity contribution in [3.63, 3.8) is 0 Å². The lowest BCUT2D eigenvalue weighted by Gasteiger charge is -2.04. The first-order chi connectivity index (χ1) is 8.13. The van der Waals surface area contributed by atoms with Crippen molar-refractivity contribution in [2.45, 2.75) is 12.8 Å². The highest BCUT2D eigenvalue weighted by Crippen LogP contribution is 2.04. The lowest BCUT2D eigenvalue weighted by atomic mass is 10.3. The van der Waals surface area contributed by atoms with Crippen molar-refractivity contribution >= 4 is 23.5 Å². The molecule has 0 aliphatic heterocycles. The van der Waals surface area contributed by atoms with Gasteiger partial charge in [0, 0.05) is 13.0 Å². The lowest BCUT2D eigenvalue weighted by Crippen LogP contribution is -2.25. The van der Waals surface area contributed by atoms with Gasteiger partial charge in [-0.25, -0.2) is 4.98 Å². The van der Waals surface area contributed by atoms with Gasteiger partial charge < -0.3 is 10.1 Å². The molecule has 5 nitrogen and oxygen atoms in total. The van der Waals surface area contributed by atoms with Gasteiger partial charge in [-0.15, -0.1) is 0 Å². The van der Waals surface area contributed by atoms with Crippen LogP contribution in [-0.2, 0) is 9.53 Å². The second-order valence-electron chi connectivity index (χ2n) is 3.28. The van der Waals surface area contributed by atoms with Crippen molar-refractivity contribution in [3.05, 3.63) is 29.0 Å². The maximum absolute atomic E-state index is 11.6. The van der Waals surface area contributed by atoms with Crippen LogP contribution in [0.25, 0.3) is 0 Å². The summed E-state index contributed by atoms with van der Waals surface area (Å²) < 4.78 is 4.48. The van der Waals surface area contributed by atoms with E-state index >= 15 is 0 Å². The molecule has 0 aliphatic rings. The molecule has 6 heteroatoms. The van der Waals surface area contributed by atoms with E-state index in [-0.39, 0.29) is 29.1 Å². The molecule has 1 aromatic rings. The number of rotatable bonds is 5. The number of ether oxygens (including phenoxy) is 1. The van der Waals surface area contributed by atoms with Gasteiger partial charge >= 0.3 is 5.97 Å². The zero-order chi connectivity index (χ0) is 12.7. The number of nitrogens with one attached hydrogen (secondary N) is 1. The summed E-state index contributed by atoms with van der Waals surface area (Å²) in [5, 5.41) is 2.91. The van der Waals surface area contributed by atoms with E-state index in [0.717, 1.165) is 0 Å². The Morgan fingerprint density at radius 1 is 1.47 bits per heavy atom. The van der Waals surface area contributed by atoms with Crippen molar-refractivity contribution in [1.29, 1.82) is 0 Å². The number of hydrogen-bond acceptors (Lipinski definition) is 4. The molecule has 0 spiro atoms. The number of carbonyl (C=O) groups excluding carboxylic acids is 2. The van der Waals surface area contributed by atoms with Crippen molar-refractivity contribution in [2.24, 2.45) is 0 Å². The zero-order valence-corrected chi connectivity index (χ0v) is 10.2. The molecule has 1 N–H and O–H groups in total. The molecule has 1 aromatic heterocycles. The Labute approximate surface area is 104 Å². The Bertz CT molecular complexity index is 409. The molecule has 92 valence electrons. The molecule has 1 rings (SSSR count). The van der Waals surface area contributed by atoms with Gasteiger partial charge in [0.1, 0.15) is 10.8 Å². The topological polar surface area (TPSA) is 68.3 Å². The highest BCUT2D eigenvalue weighted by molar-refractivity contribution is 6.29. The van der Waals surface area contributed by atoms with Gasteiger partial charge in [-0.3, -0.25) is 9.59 Å². The van der Waals surface area contributed by atoms with Gasteiger partial charge in [-0.1, -0.05) is 17.7 Å². The van der Waals surface area contributed by atoms with Crippen LogP contribution in [0.3, 0.4) is 0 Å². The number of nitrogens with zero attached hydrogens (tertiary/aromatic N) is 1. The first kappa shape index (κ1) is 13.4. The Hall–Kier alpha value is -1.62. The first-order valence-electron chi connectivity index (χ1n) is 5.11. The monoisotopic (exact) mass is 256 g/mol. The van der Waals surface area contributed by atoms with Crippen molar-refractivity contribution in [2.75, 3.05) is 13.7 Å². The van der Waals surface area contributed by atoms with E-state index in [1.165, 1.54) is 7.11 Å². The fraction of sp³-hybridized carbons (Fsp3) is 0.364. The smallest absolute Gasteiger partial charge is 0.305 e. The number of esters is 1. The molecule has 0 aliphatic carbocycles. The van der Waals surface area contributed by atoms with Crippen LogP contribution >= 0.6 is 11.6 Å². The van der Waals surface area contributed by atoms with Gasteiger partial charge in [-0.2, -0.15) is 0 Å². The second kappa shape index (κ2) is 6.85. The Morgan fingerprint density at radius 3 is 2.88 bits per heavy atom. The van der Waals surface area contributed by atoms with E-state index in [1.54, 1.807) is 18.2 Å². The minimum atomic E-state index is -0.308. The molecular weight excluding hydrogens is 244 g/mol. The van der Waals surface area contributed by atoms with Gasteiger partial charge in [0.2, 0.25) is 0 Å². The van der Waals surface area contributed by atoms with Crippen LogP contribution in [0.4, 0.5) is 0 Å². The maximum atomic E-state index is 11.6. The van der Waals surface area contributed by atoms with Crippen LogP contribution in [0.5, 0.6) is 0 Å². The van der Waals surface area contributed by atoms with E-state index in [9.17, 15) is 9.59 Å². The average molecular weight is 257 g/mol. The van der Waals surface area contributed by atoms with E-state index in [4.69, 9.17) is 11.6 Å². The molecule has 0 bridgehead atoms. The normalized spacial score (nSPS) is 9.76. The fourth-order valence-electron chi connectivity index (χ4n) is 1.16. The molecule has 0 unspecified atom stereocenters. The molecule has 1 amide bonds. The van der Waals surface area contributed by atoms with Crippen LogP contribution in [-0.4, -0.2) is 30.5 Å². The third kappa shape index (κ3) is 4.82. The van der Waals surface area contributed by atoms with E-state index in [1.807, 2.05) is 0 Å². The van der Waals surface area contributed by atoms with Crippen LogP contribution in [0, 0.1) is 0 Å². The fourth-order valence-corrected chi connectivity index (χ4v) is 1.33. The molecular formula is C11H13ClN2O3. The summed E-state index contributed by atoms with van der Waals surface area (Å²) >= 11 is 5.66. The van der Waals surface area contributed by atoms with Crippen LogP contribution < -0.4 is 5.32 Å². The average Bonchev–Trinajstić information content (AvgIpc) is 2.34. The Balaban J connectivity index is 2.33. The van der Waals surface area contributed by atoms with E-state index in [0.29, 0.717) is 13.0 Å². The number of pyridine rings is 1. The highest BCUT2D eigenvalue weighted by atomic mass is 35.5. The maximum Gasteiger partial charge on any atom is 0.305 e. The summed E-state index contributed by atoms with van der Waals surface area (Å²) in [6.45, 7) is 0.391. The predicted octanol–water partition coefficient (Wildman–Crippen LogP) is 1.42. The minimum Gasteiger partial charge on any atom is -0.469 e. The lowest BCUT2D eigenvalue weighted by molar-refractivity contribution is -0.140. The highest BCUT2D eigenvalue weighted by Gasteiger charge is 2.07. The molecule has 1 heterocycles. The molecule has 0 fully saturated rings. The standard InChI is InChI=1S/C11H13ClN2O3/c1-17-10(15)6-3-7-13-11(16)8-4-2-5-9(12)14-8/h2,4-5H,3,6-7H2,1H3,(H,13,16). The molecule has 0 saturated heterocycles. The Kier molecular flexibility index (Phi) is 5.42. The summed E-state index contributed by atoms with van der Waals surface area (Å²) in [6, 6.07) is 4.82. The quantitative estimate of drug-likeness (QED) is 0.491. The number of hydrogen-bond donors (Lipinski definition) is 1.